The summed E-state index contributed by atoms with van der Waals surface area (Å²) in [5.41, 5.74) is 0.541. The van der Waals surface area contributed by atoms with E-state index in [0.717, 1.165) is 0 Å². The highest BCUT2D eigenvalue weighted by atomic mass is 19.1. The Kier molecular flexibility index (Phi) is 4.89. The lowest BCUT2D eigenvalue weighted by Crippen LogP contribution is -2.21. The number of carbonyl (C=O) groups excluding carboxylic acids is 1. The minimum Gasteiger partial charge on any atom is -0.493 e. The predicted molar refractivity (Wildman–Crippen MR) is 86.8 cm³/mol. The third-order valence-electron chi connectivity index (χ3n) is 3.20. The van der Waals surface area contributed by atoms with E-state index in [2.05, 4.69) is 15.5 Å². The van der Waals surface area contributed by atoms with Crippen molar-refractivity contribution in [2.45, 2.75) is 0 Å². The van der Waals surface area contributed by atoms with Gasteiger partial charge < -0.3 is 14.0 Å². The third kappa shape index (κ3) is 4.11. The lowest BCUT2D eigenvalue weighted by molar-refractivity contribution is -0.118. The lowest BCUT2D eigenvalue weighted by Gasteiger charge is -2.09. The third-order valence-corrected chi connectivity index (χ3v) is 3.20. The van der Waals surface area contributed by atoms with Crippen molar-refractivity contribution in [3.05, 3.63) is 54.3 Å². The van der Waals surface area contributed by atoms with Crippen LogP contribution in [0.2, 0.25) is 0 Å². The molecule has 0 saturated heterocycles. The van der Waals surface area contributed by atoms with Crippen molar-refractivity contribution < 1.29 is 23.2 Å². The van der Waals surface area contributed by atoms with Crippen LogP contribution in [0.15, 0.2) is 53.1 Å². The molecule has 0 aliphatic carbocycles. The summed E-state index contributed by atoms with van der Waals surface area (Å²) < 4.78 is 28.5. The number of nitrogens with one attached hydrogen (secondary N) is 1. The van der Waals surface area contributed by atoms with Crippen molar-refractivity contribution in [3.63, 3.8) is 0 Å². The second kappa shape index (κ2) is 7.43. The molecule has 0 aliphatic rings. The Balaban J connectivity index is 1.59. The molecule has 1 N–H and O–H groups in total. The molecule has 0 radical (unpaired) electrons. The van der Waals surface area contributed by atoms with Gasteiger partial charge in [-0.1, -0.05) is 12.1 Å². The van der Waals surface area contributed by atoms with E-state index in [1.54, 1.807) is 24.3 Å². The number of methoxy groups -OCH3 is 1. The number of ether oxygens (including phenoxy) is 2. The molecular weight excluding hydrogens is 329 g/mol. The molecule has 0 saturated carbocycles. The van der Waals surface area contributed by atoms with Gasteiger partial charge in [0.2, 0.25) is 0 Å². The monoisotopic (exact) mass is 343 g/mol. The van der Waals surface area contributed by atoms with E-state index in [-0.39, 0.29) is 24.3 Å². The van der Waals surface area contributed by atoms with Crippen LogP contribution >= 0.6 is 0 Å². The fourth-order valence-corrected chi connectivity index (χ4v) is 2.03. The molecule has 3 aromatic rings. The number of carbonyl (C=O) groups is 1. The zero-order valence-corrected chi connectivity index (χ0v) is 13.2. The molecule has 0 fully saturated rings. The average Bonchev–Trinajstić information content (AvgIpc) is 3.09. The van der Waals surface area contributed by atoms with E-state index in [9.17, 15) is 9.18 Å². The van der Waals surface area contributed by atoms with Gasteiger partial charge in [-0.25, -0.2) is 4.39 Å². The Hall–Kier alpha value is -3.42. The predicted octanol–water partition coefficient (Wildman–Crippen LogP) is 2.90. The number of anilines is 1. The summed E-state index contributed by atoms with van der Waals surface area (Å²) >= 11 is 0. The molecule has 7 nitrogen and oxygen atoms in total. The summed E-state index contributed by atoms with van der Waals surface area (Å²) in [6, 6.07) is 12.5. The van der Waals surface area contributed by atoms with Crippen molar-refractivity contribution in [2.24, 2.45) is 0 Å². The first-order valence-electron chi connectivity index (χ1n) is 7.31. The quantitative estimate of drug-likeness (QED) is 0.740. The highest BCUT2D eigenvalue weighted by molar-refractivity contribution is 5.90. The number of para-hydroxylation sites is 2. The zero-order valence-electron chi connectivity index (χ0n) is 13.2. The fraction of sp³-hybridized carbons (Fsp3) is 0.118. The molecule has 8 heteroatoms. The van der Waals surface area contributed by atoms with E-state index in [1.807, 2.05) is 0 Å². The van der Waals surface area contributed by atoms with E-state index >= 15 is 0 Å². The maximum Gasteiger partial charge on any atom is 0.270 e. The van der Waals surface area contributed by atoms with Gasteiger partial charge in [0.05, 0.1) is 7.11 Å². The first kappa shape index (κ1) is 16.4. The Morgan fingerprint density at radius 1 is 1.16 bits per heavy atom. The van der Waals surface area contributed by atoms with Gasteiger partial charge in [0, 0.05) is 5.56 Å². The molecule has 0 bridgehead atoms. The average molecular weight is 343 g/mol. The van der Waals surface area contributed by atoms with Gasteiger partial charge in [-0.15, -0.1) is 0 Å². The first-order chi connectivity index (χ1) is 12.2. The van der Waals surface area contributed by atoms with Crippen molar-refractivity contribution in [3.8, 4) is 23.0 Å². The minimum atomic E-state index is -0.461. The molecule has 1 amide bonds. The molecule has 0 aliphatic heterocycles. The maximum absolute atomic E-state index is 12.9. The van der Waals surface area contributed by atoms with E-state index in [0.29, 0.717) is 17.1 Å². The highest BCUT2D eigenvalue weighted by Gasteiger charge is 2.13. The minimum absolute atomic E-state index is 0.00653. The van der Waals surface area contributed by atoms with Gasteiger partial charge in [-0.2, -0.15) is 4.98 Å². The van der Waals surface area contributed by atoms with Crippen LogP contribution in [0.3, 0.4) is 0 Å². The standard InChI is InChI=1S/C17H14FN3O4/c1-23-13-4-2-3-5-14(13)24-10-15(22)19-17-20-16(25-21-17)11-6-8-12(18)9-7-11/h2-9H,10H2,1H3,(H,19,21,22). The summed E-state index contributed by atoms with van der Waals surface area (Å²) in [6.07, 6.45) is 0. The van der Waals surface area contributed by atoms with Gasteiger partial charge >= 0.3 is 0 Å². The van der Waals surface area contributed by atoms with Crippen LogP contribution < -0.4 is 14.8 Å². The molecule has 0 atom stereocenters. The molecule has 2 aromatic carbocycles. The summed E-state index contributed by atoms with van der Waals surface area (Å²) in [5.74, 6) is 0.297. The number of hydrogen-bond acceptors (Lipinski definition) is 6. The number of amides is 1. The second-order valence-corrected chi connectivity index (χ2v) is 4.92. The van der Waals surface area contributed by atoms with Crippen LogP contribution in [0.25, 0.3) is 11.5 Å². The molecule has 25 heavy (non-hydrogen) atoms. The normalized spacial score (nSPS) is 10.3. The summed E-state index contributed by atoms with van der Waals surface area (Å²) in [4.78, 5) is 16.0. The summed E-state index contributed by atoms with van der Waals surface area (Å²) in [7, 11) is 1.51. The number of hydrogen-bond donors (Lipinski definition) is 1. The van der Waals surface area contributed by atoms with E-state index in [1.165, 1.54) is 31.4 Å². The van der Waals surface area contributed by atoms with Crippen LogP contribution in [-0.2, 0) is 4.79 Å². The van der Waals surface area contributed by atoms with Crippen molar-refractivity contribution in [1.29, 1.82) is 0 Å². The topological polar surface area (TPSA) is 86.5 Å². The number of halogens is 1. The SMILES string of the molecule is COc1ccccc1OCC(=O)Nc1noc(-c2ccc(F)cc2)n1. The zero-order chi connectivity index (χ0) is 17.6. The second-order valence-electron chi connectivity index (χ2n) is 4.92. The Morgan fingerprint density at radius 3 is 2.60 bits per heavy atom. The van der Waals surface area contributed by atoms with Gasteiger partial charge in [0.1, 0.15) is 5.82 Å². The number of nitrogens with zero attached hydrogens (tertiary/aromatic N) is 2. The van der Waals surface area contributed by atoms with E-state index < -0.39 is 5.91 Å². The number of rotatable bonds is 6. The van der Waals surface area contributed by atoms with Crippen molar-refractivity contribution >= 4 is 11.9 Å². The molecule has 1 heterocycles. The fourth-order valence-electron chi connectivity index (χ4n) is 2.03. The smallest absolute Gasteiger partial charge is 0.270 e. The largest absolute Gasteiger partial charge is 0.493 e. The Morgan fingerprint density at radius 2 is 1.88 bits per heavy atom. The molecule has 0 unspecified atom stereocenters. The van der Waals surface area contributed by atoms with Gasteiger partial charge in [-0.3, -0.25) is 10.1 Å². The Bertz CT molecular complexity index is 864. The van der Waals surface area contributed by atoms with E-state index in [4.69, 9.17) is 14.0 Å². The number of benzene rings is 2. The molecule has 0 spiro atoms. The molecule has 1 aromatic heterocycles. The lowest BCUT2D eigenvalue weighted by atomic mass is 10.2. The van der Waals surface area contributed by atoms with Crippen LogP contribution in [0, 0.1) is 5.82 Å². The highest BCUT2D eigenvalue weighted by Crippen LogP contribution is 2.25. The Labute approximate surface area is 142 Å². The molecule has 3 rings (SSSR count). The van der Waals surface area contributed by atoms with Gasteiger partial charge in [-0.05, 0) is 41.6 Å². The van der Waals surface area contributed by atoms with Crippen LogP contribution in [-0.4, -0.2) is 29.8 Å². The van der Waals surface area contributed by atoms with Crippen LogP contribution in [0.1, 0.15) is 0 Å². The van der Waals surface area contributed by atoms with Crippen LogP contribution in [0.5, 0.6) is 11.5 Å². The summed E-state index contributed by atoms with van der Waals surface area (Å²) in [5, 5.41) is 6.11. The van der Waals surface area contributed by atoms with Gasteiger partial charge in [0.25, 0.3) is 17.7 Å². The molecular formula is C17H14FN3O4. The maximum atomic E-state index is 12.9. The van der Waals surface area contributed by atoms with Gasteiger partial charge in [0.15, 0.2) is 18.1 Å². The number of aromatic nitrogens is 2. The van der Waals surface area contributed by atoms with Crippen molar-refractivity contribution in [2.75, 3.05) is 19.0 Å². The molecule has 128 valence electrons. The summed E-state index contributed by atoms with van der Waals surface area (Å²) in [6.45, 7) is -0.249. The first-order valence-corrected chi connectivity index (χ1v) is 7.31. The van der Waals surface area contributed by atoms with Crippen LogP contribution in [0.4, 0.5) is 10.3 Å². The van der Waals surface area contributed by atoms with Crippen molar-refractivity contribution in [1.82, 2.24) is 10.1 Å².